The number of amides is 2. The normalized spacial score (nSPS) is 28.9. The van der Waals surface area contributed by atoms with Gasteiger partial charge in [-0.2, -0.15) is 0 Å². The number of piperidine rings is 1. The van der Waals surface area contributed by atoms with Crippen LogP contribution in [0.4, 0.5) is 4.79 Å². The molecule has 1 spiro atoms. The molecule has 3 aliphatic rings. The highest BCUT2D eigenvalue weighted by molar-refractivity contribution is 5.82. The van der Waals surface area contributed by atoms with Gasteiger partial charge >= 0.3 is 6.09 Å². The molecule has 25 heavy (non-hydrogen) atoms. The average Bonchev–Trinajstić information content (AvgIpc) is 3.16. The van der Waals surface area contributed by atoms with E-state index in [4.69, 9.17) is 4.74 Å². The molecule has 0 aromatic rings. The van der Waals surface area contributed by atoms with Crippen molar-refractivity contribution < 1.29 is 19.4 Å². The molecule has 142 valence electrons. The molecule has 0 aromatic heterocycles. The van der Waals surface area contributed by atoms with Gasteiger partial charge in [0.2, 0.25) is 5.91 Å². The second kappa shape index (κ2) is 7.50. The van der Waals surface area contributed by atoms with E-state index in [0.717, 1.165) is 19.4 Å². The van der Waals surface area contributed by atoms with E-state index < -0.39 is 11.7 Å². The highest BCUT2D eigenvalue weighted by atomic mass is 16.6. The minimum atomic E-state index is -0.431. The van der Waals surface area contributed by atoms with Gasteiger partial charge in [0, 0.05) is 39.0 Å². The molecule has 3 heterocycles. The number of hydrogen-bond acceptors (Lipinski definition) is 5. The smallest absolute Gasteiger partial charge is 0.410 e. The Morgan fingerprint density at radius 3 is 2.60 bits per heavy atom. The summed E-state index contributed by atoms with van der Waals surface area (Å²) >= 11 is 0. The highest BCUT2D eigenvalue weighted by Gasteiger charge is 2.48. The molecule has 2 atom stereocenters. The lowest BCUT2D eigenvalue weighted by Gasteiger charge is -2.38. The van der Waals surface area contributed by atoms with Crippen LogP contribution < -0.4 is 5.32 Å². The number of hydrogen-bond donors (Lipinski definition) is 2. The largest absolute Gasteiger partial charge is 0.441 e. The maximum Gasteiger partial charge on any atom is 0.410 e. The molecular formula is C18H31N3O4. The third-order valence-corrected chi connectivity index (χ3v) is 6.07. The molecule has 2 N–H and O–H groups in total. The summed E-state index contributed by atoms with van der Waals surface area (Å²) in [5.41, 5.74) is -0.428. The highest BCUT2D eigenvalue weighted by Crippen LogP contribution is 2.34. The number of nitrogens with zero attached hydrogens (tertiary/aromatic N) is 2. The number of ether oxygens (including phenoxy) is 1. The van der Waals surface area contributed by atoms with Gasteiger partial charge in [-0.05, 0) is 12.3 Å². The summed E-state index contributed by atoms with van der Waals surface area (Å²) in [5, 5.41) is 12.7. The third-order valence-electron chi connectivity index (χ3n) is 6.07. The van der Waals surface area contributed by atoms with Crippen LogP contribution in [0.15, 0.2) is 0 Å². The quantitative estimate of drug-likeness (QED) is 0.769. The average molecular weight is 353 g/mol. The van der Waals surface area contributed by atoms with E-state index in [1.807, 2.05) is 9.80 Å². The molecule has 3 fully saturated rings. The molecule has 2 amide bonds. The molecule has 3 aliphatic heterocycles. The van der Waals surface area contributed by atoms with Gasteiger partial charge in [-0.1, -0.05) is 26.7 Å². The standard InChI is InChI=1S/C18H31N3O4/c1-3-13(4-2)11-21-12-18(25-17(21)24)5-7-20(8-6-18)16(23)15-9-14(22)10-19-15/h13-15,19,22H,3-12H2,1-2H3/t14-,15+/m1/s1. The van der Waals surface area contributed by atoms with Crippen LogP contribution >= 0.6 is 0 Å². The third kappa shape index (κ3) is 3.92. The van der Waals surface area contributed by atoms with Gasteiger partial charge in [-0.3, -0.25) is 4.79 Å². The molecule has 0 unspecified atom stereocenters. The maximum absolute atomic E-state index is 12.5. The minimum Gasteiger partial charge on any atom is -0.441 e. The summed E-state index contributed by atoms with van der Waals surface area (Å²) in [6.45, 7) is 7.42. The second-order valence-corrected chi connectivity index (χ2v) is 7.79. The Morgan fingerprint density at radius 2 is 2.04 bits per heavy atom. The van der Waals surface area contributed by atoms with E-state index in [-0.39, 0.29) is 18.0 Å². The van der Waals surface area contributed by atoms with Crippen LogP contribution in [0, 0.1) is 5.92 Å². The predicted molar refractivity (Wildman–Crippen MR) is 93.1 cm³/mol. The molecule has 0 bridgehead atoms. The van der Waals surface area contributed by atoms with Crippen molar-refractivity contribution >= 4 is 12.0 Å². The lowest BCUT2D eigenvalue weighted by Crippen LogP contribution is -2.52. The second-order valence-electron chi connectivity index (χ2n) is 7.79. The van der Waals surface area contributed by atoms with Gasteiger partial charge < -0.3 is 25.0 Å². The fraction of sp³-hybridized carbons (Fsp3) is 0.889. The van der Waals surface area contributed by atoms with Crippen LogP contribution in [-0.2, 0) is 9.53 Å². The maximum atomic E-state index is 12.5. The van der Waals surface area contributed by atoms with Crippen molar-refractivity contribution in [3.05, 3.63) is 0 Å². The Kier molecular flexibility index (Phi) is 5.53. The summed E-state index contributed by atoms with van der Waals surface area (Å²) in [6.07, 6.45) is 3.37. The molecule has 3 rings (SSSR count). The number of likely N-dealkylation sites (tertiary alicyclic amines) is 1. The summed E-state index contributed by atoms with van der Waals surface area (Å²) in [4.78, 5) is 28.5. The monoisotopic (exact) mass is 353 g/mol. The van der Waals surface area contributed by atoms with Crippen molar-refractivity contribution in [3.8, 4) is 0 Å². The number of rotatable bonds is 5. The van der Waals surface area contributed by atoms with Crippen molar-refractivity contribution in [2.75, 3.05) is 32.7 Å². The van der Waals surface area contributed by atoms with Crippen molar-refractivity contribution in [2.45, 2.75) is 63.7 Å². The molecular weight excluding hydrogens is 322 g/mol. The first-order valence-corrected chi connectivity index (χ1v) is 9.64. The number of carbonyl (C=O) groups is 2. The number of aliphatic hydroxyl groups excluding tert-OH is 1. The first-order valence-electron chi connectivity index (χ1n) is 9.64. The van der Waals surface area contributed by atoms with Crippen molar-refractivity contribution in [1.82, 2.24) is 15.1 Å². The topological polar surface area (TPSA) is 82.1 Å². The lowest BCUT2D eigenvalue weighted by molar-refractivity contribution is -0.136. The Bertz CT molecular complexity index is 501. The SMILES string of the molecule is CCC(CC)CN1CC2(CCN(C(=O)[C@@H]3C[C@@H](O)CN3)CC2)OC1=O. The number of aliphatic hydroxyl groups is 1. The van der Waals surface area contributed by atoms with Gasteiger partial charge in [0.25, 0.3) is 0 Å². The zero-order valence-electron chi connectivity index (χ0n) is 15.4. The Labute approximate surface area is 149 Å². The van der Waals surface area contributed by atoms with Gasteiger partial charge in [-0.25, -0.2) is 4.79 Å². The van der Waals surface area contributed by atoms with E-state index in [1.165, 1.54) is 0 Å². The molecule has 0 radical (unpaired) electrons. The fourth-order valence-electron chi connectivity index (χ4n) is 4.21. The molecule has 0 saturated carbocycles. The van der Waals surface area contributed by atoms with Gasteiger partial charge in [0.05, 0.1) is 18.7 Å². The van der Waals surface area contributed by atoms with Crippen LogP contribution in [0.5, 0.6) is 0 Å². The molecule has 3 saturated heterocycles. The number of nitrogens with one attached hydrogen (secondary N) is 1. The summed E-state index contributed by atoms with van der Waals surface area (Å²) < 4.78 is 5.76. The zero-order valence-corrected chi connectivity index (χ0v) is 15.4. The first kappa shape index (κ1) is 18.5. The van der Waals surface area contributed by atoms with Crippen LogP contribution in [0.2, 0.25) is 0 Å². The van der Waals surface area contributed by atoms with E-state index in [0.29, 0.717) is 51.4 Å². The van der Waals surface area contributed by atoms with Crippen molar-refractivity contribution in [3.63, 3.8) is 0 Å². The summed E-state index contributed by atoms with van der Waals surface area (Å²) in [7, 11) is 0. The van der Waals surface area contributed by atoms with Crippen LogP contribution in [0.1, 0.15) is 46.0 Å². The van der Waals surface area contributed by atoms with E-state index >= 15 is 0 Å². The van der Waals surface area contributed by atoms with Crippen LogP contribution in [-0.4, -0.2) is 77.4 Å². The first-order chi connectivity index (χ1) is 12.0. The molecule has 7 nitrogen and oxygen atoms in total. The minimum absolute atomic E-state index is 0.0598. The predicted octanol–water partition coefficient (Wildman–Crippen LogP) is 0.959. The van der Waals surface area contributed by atoms with Crippen molar-refractivity contribution in [1.29, 1.82) is 0 Å². The zero-order chi connectivity index (χ0) is 18.0. The number of carbonyl (C=O) groups excluding carboxylic acids is 2. The van der Waals surface area contributed by atoms with Crippen LogP contribution in [0.3, 0.4) is 0 Å². The van der Waals surface area contributed by atoms with E-state index in [1.54, 1.807) is 0 Å². The molecule has 7 heteroatoms. The lowest BCUT2D eigenvalue weighted by atomic mass is 9.90. The summed E-state index contributed by atoms with van der Waals surface area (Å²) in [5.74, 6) is 0.578. The molecule has 0 aromatic carbocycles. The Morgan fingerprint density at radius 1 is 1.36 bits per heavy atom. The number of β-amino-alcohol motifs (C(OH)–C–C–N with tert-alkyl or cyclic N) is 1. The van der Waals surface area contributed by atoms with Crippen molar-refractivity contribution in [2.24, 2.45) is 5.92 Å². The Balaban J connectivity index is 1.53. The Hall–Kier alpha value is -1.34. The van der Waals surface area contributed by atoms with E-state index in [2.05, 4.69) is 19.2 Å². The van der Waals surface area contributed by atoms with Crippen LogP contribution in [0.25, 0.3) is 0 Å². The molecule has 0 aliphatic carbocycles. The van der Waals surface area contributed by atoms with Gasteiger partial charge in [-0.15, -0.1) is 0 Å². The van der Waals surface area contributed by atoms with E-state index in [9.17, 15) is 14.7 Å². The van der Waals surface area contributed by atoms with Gasteiger partial charge in [0.1, 0.15) is 5.60 Å². The fourth-order valence-corrected chi connectivity index (χ4v) is 4.21. The summed E-state index contributed by atoms with van der Waals surface area (Å²) in [6, 6.07) is -0.276. The van der Waals surface area contributed by atoms with Gasteiger partial charge in [0.15, 0.2) is 0 Å².